The number of nitrogens with one attached hydrogen (secondary N) is 1. The maximum atomic E-state index is 3.26. The zero-order valence-electron chi connectivity index (χ0n) is 10.0. The summed E-state index contributed by atoms with van der Waals surface area (Å²) in [4.78, 5) is 5.58. The van der Waals surface area contributed by atoms with E-state index in [2.05, 4.69) is 64.6 Å². The van der Waals surface area contributed by atoms with E-state index in [0.29, 0.717) is 0 Å². The lowest BCUT2D eigenvalue weighted by molar-refractivity contribution is -0.382. The second-order valence-electron chi connectivity index (χ2n) is 4.32. The van der Waals surface area contributed by atoms with Gasteiger partial charge in [0.05, 0.1) is 0 Å². The van der Waals surface area contributed by atoms with Crippen LogP contribution in [0.4, 0.5) is 0 Å². The van der Waals surface area contributed by atoms with Crippen LogP contribution in [0.1, 0.15) is 16.8 Å². The van der Waals surface area contributed by atoms with Crippen LogP contribution in [0, 0.1) is 0 Å². The summed E-state index contributed by atoms with van der Waals surface area (Å²) < 4.78 is 0. The molecule has 2 heterocycles. The molecule has 2 aromatic rings. The Hall–Kier alpha value is -1.61. The van der Waals surface area contributed by atoms with Crippen LogP contribution >= 0.6 is 0 Å². The molecule has 1 aromatic heterocycles. The fraction of sp³-hybridized carbons (Fsp3) is 0.133. The van der Waals surface area contributed by atoms with Crippen molar-refractivity contribution < 1.29 is 22.0 Å². The van der Waals surface area contributed by atoms with E-state index >= 15 is 0 Å². The summed E-state index contributed by atoms with van der Waals surface area (Å²) in [6, 6.07) is 14.8. The smallest absolute Gasteiger partial charge is 0.209 e. The normalized spacial score (nSPS) is 12.8. The molecule has 3 rings (SSSR count). The Kier molecular flexibility index (Phi) is 4.15. The molecule has 1 aliphatic heterocycles. The molecule has 0 atom stereocenters. The highest BCUT2D eigenvalue weighted by Crippen LogP contribution is 2.17. The zero-order chi connectivity index (χ0) is 11.5. The topological polar surface area (TPSA) is 17.4 Å². The summed E-state index contributed by atoms with van der Waals surface area (Å²) >= 11 is 0. The Bertz CT molecular complexity index is 537. The molecule has 0 saturated carbocycles. The molecule has 92 valence electrons. The molecular weight excluding hydrogens is 288 g/mol. The maximum absolute atomic E-state index is 3.26. The van der Waals surface area contributed by atoms with Gasteiger partial charge in [0.2, 0.25) is 5.69 Å². The SMILES string of the molecule is C1=CN(Cc2ccccc2)Cc2ccc[nH+]c21.[Br-]. The number of benzene rings is 1. The van der Waals surface area contributed by atoms with Crippen molar-refractivity contribution in [3.63, 3.8) is 0 Å². The third-order valence-electron chi connectivity index (χ3n) is 3.03. The van der Waals surface area contributed by atoms with Crippen molar-refractivity contribution in [2.45, 2.75) is 13.1 Å². The average molecular weight is 303 g/mol. The largest absolute Gasteiger partial charge is 1.00 e. The van der Waals surface area contributed by atoms with E-state index in [-0.39, 0.29) is 17.0 Å². The van der Waals surface area contributed by atoms with E-state index in [1.165, 1.54) is 16.8 Å². The number of aromatic nitrogens is 1. The van der Waals surface area contributed by atoms with Gasteiger partial charge in [-0.25, -0.2) is 4.98 Å². The van der Waals surface area contributed by atoms with Crippen molar-refractivity contribution in [1.82, 2.24) is 4.90 Å². The van der Waals surface area contributed by atoms with Gasteiger partial charge < -0.3 is 21.9 Å². The third kappa shape index (κ3) is 2.79. The van der Waals surface area contributed by atoms with Crippen LogP contribution in [0.2, 0.25) is 0 Å². The lowest BCUT2D eigenvalue weighted by Crippen LogP contribution is -3.00. The number of rotatable bonds is 2. The number of halogens is 1. The van der Waals surface area contributed by atoms with Crippen LogP contribution in [0.3, 0.4) is 0 Å². The van der Waals surface area contributed by atoms with Crippen molar-refractivity contribution in [3.05, 3.63) is 71.7 Å². The molecule has 0 bridgehead atoms. The van der Waals surface area contributed by atoms with Gasteiger partial charge in [-0.3, -0.25) is 0 Å². The van der Waals surface area contributed by atoms with E-state index < -0.39 is 0 Å². The molecule has 2 nitrogen and oxygen atoms in total. The van der Waals surface area contributed by atoms with Crippen LogP contribution in [0.15, 0.2) is 54.9 Å². The molecule has 0 aliphatic carbocycles. The van der Waals surface area contributed by atoms with Crippen LogP contribution in [-0.2, 0) is 13.1 Å². The number of pyridine rings is 1. The van der Waals surface area contributed by atoms with Crippen LogP contribution in [0.5, 0.6) is 0 Å². The number of fused-ring (bicyclic) bond motifs is 1. The third-order valence-corrected chi connectivity index (χ3v) is 3.03. The summed E-state index contributed by atoms with van der Waals surface area (Å²) in [6.45, 7) is 1.93. The van der Waals surface area contributed by atoms with Gasteiger partial charge in [-0.2, -0.15) is 0 Å². The zero-order valence-corrected chi connectivity index (χ0v) is 11.6. The summed E-state index contributed by atoms with van der Waals surface area (Å²) in [6.07, 6.45) is 6.27. The number of nitrogens with zero attached hydrogens (tertiary/aromatic N) is 1. The van der Waals surface area contributed by atoms with E-state index in [1.54, 1.807) is 0 Å². The predicted octanol–water partition coefficient (Wildman–Crippen LogP) is -0.509. The fourth-order valence-corrected chi connectivity index (χ4v) is 2.16. The van der Waals surface area contributed by atoms with Gasteiger partial charge in [-0.1, -0.05) is 30.3 Å². The quantitative estimate of drug-likeness (QED) is 0.731. The Labute approximate surface area is 118 Å². The molecule has 0 radical (unpaired) electrons. The molecule has 1 aliphatic rings. The first kappa shape index (κ1) is 12.8. The Morgan fingerprint density at radius 2 is 1.89 bits per heavy atom. The van der Waals surface area contributed by atoms with Crippen LogP contribution in [0.25, 0.3) is 6.08 Å². The Morgan fingerprint density at radius 1 is 1.06 bits per heavy atom. The second-order valence-corrected chi connectivity index (χ2v) is 4.32. The minimum Gasteiger partial charge on any atom is -1.00 e. The summed E-state index contributed by atoms with van der Waals surface area (Å²) in [5, 5.41) is 0. The van der Waals surface area contributed by atoms with Crippen molar-refractivity contribution in [2.24, 2.45) is 0 Å². The van der Waals surface area contributed by atoms with E-state index in [9.17, 15) is 0 Å². The molecular formula is C15H15BrN2. The minimum atomic E-state index is 0. The highest BCUT2D eigenvalue weighted by atomic mass is 79.9. The highest BCUT2D eigenvalue weighted by Gasteiger charge is 2.14. The fourth-order valence-electron chi connectivity index (χ4n) is 2.16. The number of aromatic amines is 1. The summed E-state index contributed by atoms with van der Waals surface area (Å²) in [5.41, 5.74) is 3.92. The lowest BCUT2D eigenvalue weighted by atomic mass is 10.1. The highest BCUT2D eigenvalue weighted by molar-refractivity contribution is 5.48. The molecule has 0 fully saturated rings. The van der Waals surface area contributed by atoms with Gasteiger partial charge in [0.1, 0.15) is 0 Å². The van der Waals surface area contributed by atoms with E-state index in [4.69, 9.17) is 0 Å². The van der Waals surface area contributed by atoms with Gasteiger partial charge in [0.15, 0.2) is 6.20 Å². The van der Waals surface area contributed by atoms with E-state index in [0.717, 1.165) is 13.1 Å². The standard InChI is InChI=1S/C15H14N2.BrH/c1-2-5-13(6-3-1)11-17-10-8-15-14(12-17)7-4-9-16-15;/h1-10H,11-12H2;1H. The monoisotopic (exact) mass is 302 g/mol. The van der Waals surface area contributed by atoms with Crippen molar-refractivity contribution in [2.75, 3.05) is 0 Å². The number of hydrogen-bond donors (Lipinski definition) is 0. The molecule has 1 aromatic carbocycles. The lowest BCUT2D eigenvalue weighted by Gasteiger charge is -2.23. The van der Waals surface area contributed by atoms with Gasteiger partial charge in [-0.15, -0.1) is 0 Å². The Balaban J connectivity index is 0.00000120. The van der Waals surface area contributed by atoms with Gasteiger partial charge in [0.25, 0.3) is 0 Å². The second kappa shape index (κ2) is 5.83. The van der Waals surface area contributed by atoms with Crippen molar-refractivity contribution >= 4 is 6.08 Å². The van der Waals surface area contributed by atoms with Crippen molar-refractivity contribution in [3.8, 4) is 0 Å². The maximum Gasteiger partial charge on any atom is 0.209 e. The first-order chi connectivity index (χ1) is 8.42. The first-order valence-electron chi connectivity index (χ1n) is 5.87. The predicted molar refractivity (Wildman–Crippen MR) is 67.7 cm³/mol. The summed E-state index contributed by atoms with van der Waals surface area (Å²) in [5.74, 6) is 0. The summed E-state index contributed by atoms with van der Waals surface area (Å²) in [7, 11) is 0. The van der Waals surface area contributed by atoms with Crippen LogP contribution in [-0.4, -0.2) is 4.90 Å². The molecule has 3 heteroatoms. The van der Waals surface area contributed by atoms with E-state index in [1.807, 2.05) is 6.20 Å². The van der Waals surface area contributed by atoms with Gasteiger partial charge in [-0.05, 0) is 11.6 Å². The number of H-pyrrole nitrogens is 1. The minimum absolute atomic E-state index is 0. The molecule has 18 heavy (non-hydrogen) atoms. The van der Waals surface area contributed by atoms with Crippen molar-refractivity contribution in [1.29, 1.82) is 0 Å². The van der Waals surface area contributed by atoms with Gasteiger partial charge in [0, 0.05) is 37.0 Å². The molecule has 0 saturated heterocycles. The molecule has 0 unspecified atom stereocenters. The average Bonchev–Trinajstić information content (AvgIpc) is 2.40. The van der Waals surface area contributed by atoms with Crippen LogP contribution < -0.4 is 22.0 Å². The molecule has 0 amide bonds. The van der Waals surface area contributed by atoms with Gasteiger partial charge >= 0.3 is 0 Å². The molecule has 1 N–H and O–H groups in total. The first-order valence-corrected chi connectivity index (χ1v) is 5.87. The molecule has 0 spiro atoms. The number of hydrogen-bond acceptors (Lipinski definition) is 1. The Morgan fingerprint density at radius 3 is 2.72 bits per heavy atom.